The van der Waals surface area contributed by atoms with Gasteiger partial charge in [-0.05, 0) is 60.7 Å². The molecule has 1 aromatic carbocycles. The maximum Gasteiger partial charge on any atom is 0.219 e. The van der Waals surface area contributed by atoms with Crippen LogP contribution in [0.1, 0.15) is 37.4 Å². The second-order valence-corrected chi connectivity index (χ2v) is 9.41. The Bertz CT molecular complexity index is 858. The summed E-state index contributed by atoms with van der Waals surface area (Å²) >= 11 is 2.30. The predicted octanol–water partition coefficient (Wildman–Crippen LogP) is 2.91. The normalized spacial score (nSPS) is 18.5. The topological polar surface area (TPSA) is 61.6 Å². The van der Waals surface area contributed by atoms with E-state index in [0.29, 0.717) is 26.2 Å². The Morgan fingerprint density at radius 3 is 2.55 bits per heavy atom. The summed E-state index contributed by atoms with van der Waals surface area (Å²) < 4.78 is 3.18. The van der Waals surface area contributed by atoms with Gasteiger partial charge in [-0.3, -0.25) is 9.48 Å². The van der Waals surface area contributed by atoms with Crippen molar-refractivity contribution in [3.05, 3.63) is 39.1 Å². The van der Waals surface area contributed by atoms with Gasteiger partial charge in [0.25, 0.3) is 0 Å². The van der Waals surface area contributed by atoms with Gasteiger partial charge < -0.3 is 14.9 Å². The van der Waals surface area contributed by atoms with Crippen molar-refractivity contribution >= 4 is 28.5 Å². The molecule has 2 aliphatic heterocycles. The van der Waals surface area contributed by atoms with Gasteiger partial charge in [-0.1, -0.05) is 18.6 Å². The molecule has 1 amide bonds. The fourth-order valence-electron chi connectivity index (χ4n) is 4.45. The number of carbonyl (C=O) groups is 1. The number of benzene rings is 1. The van der Waals surface area contributed by atoms with Crippen molar-refractivity contribution in [3.8, 4) is 11.3 Å². The first-order valence-electron chi connectivity index (χ1n) is 10.5. The number of hydrogen-bond acceptors (Lipinski definition) is 4. The quantitative estimate of drug-likeness (QED) is 0.632. The highest BCUT2D eigenvalue weighted by molar-refractivity contribution is 14.1. The molecule has 1 aromatic heterocycles. The third-order valence-electron chi connectivity index (χ3n) is 6.00. The number of rotatable bonds is 5. The van der Waals surface area contributed by atoms with E-state index in [9.17, 15) is 9.90 Å². The van der Waals surface area contributed by atoms with Crippen molar-refractivity contribution in [2.24, 2.45) is 0 Å². The van der Waals surface area contributed by atoms with Crippen LogP contribution >= 0.6 is 22.6 Å². The van der Waals surface area contributed by atoms with Crippen LogP contribution in [-0.2, 0) is 24.3 Å². The fraction of sp³-hybridized carbons (Fsp3) is 0.545. The largest absolute Gasteiger partial charge is 0.390 e. The van der Waals surface area contributed by atoms with E-state index in [1.54, 1.807) is 6.92 Å². The molecule has 1 atom stereocenters. The number of likely N-dealkylation sites (tertiary alicyclic amines) is 1. The zero-order valence-electron chi connectivity index (χ0n) is 17.0. The van der Waals surface area contributed by atoms with Crippen molar-refractivity contribution in [3.63, 3.8) is 0 Å². The first kappa shape index (κ1) is 20.8. The lowest BCUT2D eigenvalue weighted by molar-refractivity contribution is -0.129. The second kappa shape index (κ2) is 9.14. The maximum absolute atomic E-state index is 12.0. The van der Waals surface area contributed by atoms with Crippen LogP contribution in [0.15, 0.2) is 24.3 Å². The minimum atomic E-state index is -0.437. The Morgan fingerprint density at radius 1 is 1.14 bits per heavy atom. The van der Waals surface area contributed by atoms with Crippen molar-refractivity contribution in [2.45, 2.75) is 51.8 Å². The summed E-state index contributed by atoms with van der Waals surface area (Å²) in [5, 5.41) is 15.7. The number of nitrogens with zero attached hydrogens (tertiary/aromatic N) is 4. The Morgan fingerprint density at radius 2 is 1.86 bits per heavy atom. The number of carbonyl (C=O) groups excluding carboxylic acids is 1. The van der Waals surface area contributed by atoms with Gasteiger partial charge in [-0.2, -0.15) is 5.10 Å². The van der Waals surface area contributed by atoms with E-state index in [-0.39, 0.29) is 5.91 Å². The van der Waals surface area contributed by atoms with Crippen molar-refractivity contribution in [1.82, 2.24) is 19.6 Å². The molecule has 0 saturated carbocycles. The molecule has 1 fully saturated rings. The standard InChI is InChI=1S/C22H29IN4O2/c1-16(28)26-12-9-21-20(15-26)22(17-5-7-18(23)8-6-17)24-27(21)14-19(29)13-25-10-3-2-4-11-25/h5-8,19,29H,2-4,9-15H2,1H3. The van der Waals surface area contributed by atoms with Gasteiger partial charge in [0.1, 0.15) is 0 Å². The van der Waals surface area contributed by atoms with Crippen LogP contribution in [0.2, 0.25) is 0 Å². The minimum absolute atomic E-state index is 0.0992. The summed E-state index contributed by atoms with van der Waals surface area (Å²) in [7, 11) is 0. The average Bonchev–Trinajstić information content (AvgIpc) is 3.07. The van der Waals surface area contributed by atoms with Crippen LogP contribution < -0.4 is 0 Å². The third kappa shape index (κ3) is 4.83. The van der Waals surface area contributed by atoms with Gasteiger partial charge in [0.05, 0.1) is 18.3 Å². The van der Waals surface area contributed by atoms with Gasteiger partial charge >= 0.3 is 0 Å². The Labute approximate surface area is 186 Å². The van der Waals surface area contributed by atoms with E-state index in [0.717, 1.165) is 42.0 Å². The summed E-state index contributed by atoms with van der Waals surface area (Å²) in [6, 6.07) is 8.34. The number of β-amino-alcohol motifs (C(OH)–C–C–N with tert-alkyl or cyclic N) is 1. The molecule has 2 aliphatic rings. The summed E-state index contributed by atoms with van der Waals surface area (Å²) in [6.45, 7) is 6.29. The monoisotopic (exact) mass is 508 g/mol. The van der Waals surface area contributed by atoms with E-state index in [1.807, 2.05) is 9.58 Å². The molecule has 1 N–H and O–H groups in total. The molecule has 1 saturated heterocycles. The first-order chi connectivity index (χ1) is 14.0. The van der Waals surface area contributed by atoms with Crippen LogP contribution in [0.3, 0.4) is 0 Å². The summed E-state index contributed by atoms with van der Waals surface area (Å²) in [5.74, 6) is 0.0992. The van der Waals surface area contributed by atoms with Crippen LogP contribution in [-0.4, -0.2) is 62.9 Å². The molecule has 156 valence electrons. The van der Waals surface area contributed by atoms with Gasteiger partial charge in [0, 0.05) is 53.4 Å². The highest BCUT2D eigenvalue weighted by Crippen LogP contribution is 2.31. The summed E-state index contributed by atoms with van der Waals surface area (Å²) in [6.07, 6.45) is 4.09. The number of halogens is 1. The molecule has 0 aliphatic carbocycles. The van der Waals surface area contributed by atoms with Gasteiger partial charge in [-0.15, -0.1) is 0 Å². The van der Waals surface area contributed by atoms with Crippen molar-refractivity contribution in [1.29, 1.82) is 0 Å². The Kier molecular flexibility index (Phi) is 6.56. The van der Waals surface area contributed by atoms with E-state index in [2.05, 4.69) is 51.8 Å². The average molecular weight is 508 g/mol. The van der Waals surface area contributed by atoms with Gasteiger partial charge in [0.15, 0.2) is 0 Å². The number of aliphatic hydroxyl groups excluding tert-OH is 1. The number of amides is 1. The SMILES string of the molecule is CC(=O)N1CCc2c(c(-c3ccc(I)cc3)nn2CC(O)CN2CCCCC2)C1. The Hall–Kier alpha value is -1.45. The van der Waals surface area contributed by atoms with E-state index < -0.39 is 6.10 Å². The van der Waals surface area contributed by atoms with Crippen molar-refractivity contribution < 1.29 is 9.90 Å². The molecule has 0 bridgehead atoms. The Balaban J connectivity index is 1.59. The first-order valence-corrected chi connectivity index (χ1v) is 11.6. The van der Waals surface area contributed by atoms with E-state index >= 15 is 0 Å². The number of aromatic nitrogens is 2. The minimum Gasteiger partial charge on any atom is -0.390 e. The zero-order valence-corrected chi connectivity index (χ0v) is 19.1. The van der Waals surface area contributed by atoms with Crippen LogP contribution in [0.5, 0.6) is 0 Å². The van der Waals surface area contributed by atoms with Crippen LogP contribution in [0, 0.1) is 3.57 Å². The maximum atomic E-state index is 12.0. The van der Waals surface area contributed by atoms with Gasteiger partial charge in [0.2, 0.25) is 5.91 Å². The van der Waals surface area contributed by atoms with Crippen LogP contribution in [0.4, 0.5) is 0 Å². The molecule has 7 heteroatoms. The lowest BCUT2D eigenvalue weighted by atomic mass is 10.0. The molecule has 0 radical (unpaired) electrons. The molecule has 29 heavy (non-hydrogen) atoms. The molecule has 6 nitrogen and oxygen atoms in total. The number of hydrogen-bond donors (Lipinski definition) is 1. The third-order valence-corrected chi connectivity index (χ3v) is 6.72. The second-order valence-electron chi connectivity index (χ2n) is 8.17. The molecule has 0 spiro atoms. The highest BCUT2D eigenvalue weighted by Gasteiger charge is 2.27. The number of piperidine rings is 1. The summed E-state index contributed by atoms with van der Waals surface area (Å²) in [5.41, 5.74) is 4.29. The number of fused-ring (bicyclic) bond motifs is 1. The highest BCUT2D eigenvalue weighted by atomic mass is 127. The predicted molar refractivity (Wildman–Crippen MR) is 121 cm³/mol. The van der Waals surface area contributed by atoms with E-state index in [1.165, 1.54) is 22.8 Å². The summed E-state index contributed by atoms with van der Waals surface area (Å²) in [4.78, 5) is 16.2. The van der Waals surface area contributed by atoms with E-state index in [4.69, 9.17) is 5.10 Å². The molecule has 2 aromatic rings. The lowest BCUT2D eigenvalue weighted by Crippen LogP contribution is -2.39. The smallest absolute Gasteiger partial charge is 0.219 e. The van der Waals surface area contributed by atoms with Crippen LogP contribution in [0.25, 0.3) is 11.3 Å². The molecule has 3 heterocycles. The lowest BCUT2D eigenvalue weighted by Gasteiger charge is -2.29. The molecule has 4 rings (SSSR count). The number of aliphatic hydroxyl groups is 1. The van der Waals surface area contributed by atoms with Gasteiger partial charge in [-0.25, -0.2) is 0 Å². The molecule has 1 unspecified atom stereocenters. The zero-order chi connectivity index (χ0) is 20.4. The fourth-order valence-corrected chi connectivity index (χ4v) is 4.81. The van der Waals surface area contributed by atoms with Crippen molar-refractivity contribution in [2.75, 3.05) is 26.2 Å². The molecular weight excluding hydrogens is 479 g/mol. The molecular formula is C22H29IN4O2.